The Balaban J connectivity index is 1.65. The number of ether oxygens (including phenoxy) is 1. The van der Waals surface area contributed by atoms with E-state index >= 15 is 0 Å². The van der Waals surface area contributed by atoms with Crippen LogP contribution >= 0.6 is 0 Å². The molecule has 0 radical (unpaired) electrons. The maximum atomic E-state index is 11.9. The number of likely N-dealkylation sites (tertiary alicyclic amines) is 1. The van der Waals surface area contributed by atoms with Crippen molar-refractivity contribution >= 4 is 11.8 Å². The predicted molar refractivity (Wildman–Crippen MR) is 79.0 cm³/mol. The molecule has 21 heavy (non-hydrogen) atoms. The van der Waals surface area contributed by atoms with E-state index in [-0.39, 0.29) is 5.91 Å². The van der Waals surface area contributed by atoms with Crippen molar-refractivity contribution in [2.24, 2.45) is 5.73 Å². The Hall–Kier alpha value is -1.44. The molecule has 2 rings (SSSR count). The Kier molecular flexibility index (Phi) is 6.16. The number of nitrogens with two attached hydrogens (primary N) is 1. The van der Waals surface area contributed by atoms with E-state index in [0.717, 1.165) is 44.7 Å². The van der Waals surface area contributed by atoms with Crippen LogP contribution in [0.2, 0.25) is 0 Å². The zero-order chi connectivity index (χ0) is 15.1. The fourth-order valence-corrected chi connectivity index (χ4v) is 2.37. The minimum atomic E-state index is -0.0753. The number of hydrogen-bond acceptors (Lipinski definition) is 6. The molecule has 7 heteroatoms. The third-order valence-electron chi connectivity index (χ3n) is 3.49. The smallest absolute Gasteiger partial charge is 0.240 e. The second-order valence-electron chi connectivity index (χ2n) is 5.37. The van der Waals surface area contributed by atoms with Gasteiger partial charge >= 0.3 is 0 Å². The number of nitrogens with one attached hydrogen (secondary N) is 1. The molecule has 3 N–H and O–H groups in total. The van der Waals surface area contributed by atoms with Crippen LogP contribution in [0, 0.1) is 6.92 Å². The average molecular weight is 296 g/mol. The molecule has 118 valence electrons. The first-order chi connectivity index (χ1) is 10.2. The molecule has 1 aromatic rings. The summed E-state index contributed by atoms with van der Waals surface area (Å²) in [4.78, 5) is 14.0. The summed E-state index contributed by atoms with van der Waals surface area (Å²) >= 11 is 0. The van der Waals surface area contributed by atoms with Gasteiger partial charge in [-0.3, -0.25) is 15.0 Å². The van der Waals surface area contributed by atoms with Crippen LogP contribution in [0.1, 0.15) is 25.0 Å². The number of carbonyl (C=O) groups is 1. The predicted octanol–water partition coefficient (Wildman–Crippen LogP) is 0.751. The van der Waals surface area contributed by atoms with Gasteiger partial charge < -0.3 is 15.0 Å². The Labute approximate surface area is 124 Å². The summed E-state index contributed by atoms with van der Waals surface area (Å²) in [5, 5.41) is 6.44. The van der Waals surface area contributed by atoms with Crippen LogP contribution in [0.3, 0.4) is 0 Å². The van der Waals surface area contributed by atoms with Gasteiger partial charge in [0, 0.05) is 25.8 Å². The first-order valence-corrected chi connectivity index (χ1v) is 7.44. The Morgan fingerprint density at radius 1 is 1.57 bits per heavy atom. The van der Waals surface area contributed by atoms with Crippen LogP contribution < -0.4 is 11.1 Å². The summed E-state index contributed by atoms with van der Waals surface area (Å²) in [5.74, 6) is 0.325. The molecule has 0 bridgehead atoms. The average Bonchev–Trinajstić information content (AvgIpc) is 2.86. The molecule has 1 fully saturated rings. The number of anilines is 1. The van der Waals surface area contributed by atoms with Crippen LogP contribution in [0.15, 0.2) is 10.6 Å². The van der Waals surface area contributed by atoms with Gasteiger partial charge in [-0.1, -0.05) is 5.16 Å². The molecule has 0 saturated carbocycles. The van der Waals surface area contributed by atoms with Crippen molar-refractivity contribution in [2.45, 2.75) is 32.3 Å². The summed E-state index contributed by atoms with van der Waals surface area (Å²) in [7, 11) is 0. The van der Waals surface area contributed by atoms with Crippen molar-refractivity contribution in [3.63, 3.8) is 0 Å². The maximum absolute atomic E-state index is 11.9. The highest BCUT2D eigenvalue weighted by Crippen LogP contribution is 2.14. The van der Waals surface area contributed by atoms with Crippen molar-refractivity contribution < 1.29 is 14.1 Å². The van der Waals surface area contributed by atoms with Gasteiger partial charge in [0.15, 0.2) is 0 Å². The van der Waals surface area contributed by atoms with E-state index in [1.54, 1.807) is 6.07 Å². The van der Waals surface area contributed by atoms with Crippen molar-refractivity contribution in [3.05, 3.63) is 11.8 Å². The number of aromatic nitrogens is 1. The second-order valence-corrected chi connectivity index (χ2v) is 5.37. The molecule has 1 aromatic heterocycles. The number of carbonyl (C=O) groups excluding carboxylic acids is 1. The zero-order valence-corrected chi connectivity index (χ0v) is 12.5. The van der Waals surface area contributed by atoms with E-state index in [2.05, 4.69) is 15.4 Å². The molecule has 0 aromatic carbocycles. The highest BCUT2D eigenvalue weighted by Gasteiger charge is 2.21. The van der Waals surface area contributed by atoms with Gasteiger partial charge in [0.1, 0.15) is 0 Å². The molecule has 0 atom stereocenters. The summed E-state index contributed by atoms with van der Waals surface area (Å²) < 4.78 is 10.7. The lowest BCUT2D eigenvalue weighted by Gasteiger charge is -2.31. The van der Waals surface area contributed by atoms with E-state index in [0.29, 0.717) is 25.1 Å². The Morgan fingerprint density at radius 3 is 2.95 bits per heavy atom. The third-order valence-corrected chi connectivity index (χ3v) is 3.49. The van der Waals surface area contributed by atoms with Gasteiger partial charge in [-0.25, -0.2) is 0 Å². The molecular formula is C14H24N4O3. The quantitative estimate of drug-likeness (QED) is 0.721. The van der Waals surface area contributed by atoms with Crippen LogP contribution in [0.4, 0.5) is 5.88 Å². The van der Waals surface area contributed by atoms with Gasteiger partial charge in [0.25, 0.3) is 0 Å². The number of amides is 1. The molecular weight excluding hydrogens is 272 g/mol. The molecule has 0 aliphatic carbocycles. The molecule has 2 heterocycles. The van der Waals surface area contributed by atoms with Crippen molar-refractivity contribution in [2.75, 3.05) is 38.1 Å². The number of aryl methyl sites for hydroxylation is 1. The lowest BCUT2D eigenvalue weighted by Crippen LogP contribution is -2.41. The standard InChI is InChI=1S/C14H24N4O3/c1-11-9-14(21-17-11)16-13(19)10-18-6-3-12(4-7-18)20-8-2-5-15/h9,12H,2-8,10,15H2,1H3,(H,16,19). The highest BCUT2D eigenvalue weighted by molar-refractivity contribution is 5.90. The Bertz CT molecular complexity index is 441. The van der Waals surface area contributed by atoms with Gasteiger partial charge in [0.05, 0.1) is 18.3 Å². The van der Waals surface area contributed by atoms with Gasteiger partial charge in [-0.15, -0.1) is 0 Å². The fraction of sp³-hybridized carbons (Fsp3) is 0.714. The number of piperidine rings is 1. The molecule has 1 saturated heterocycles. The van der Waals surface area contributed by atoms with E-state index in [9.17, 15) is 4.79 Å². The lowest BCUT2D eigenvalue weighted by molar-refractivity contribution is -0.118. The number of hydrogen-bond donors (Lipinski definition) is 2. The molecule has 0 unspecified atom stereocenters. The van der Waals surface area contributed by atoms with Gasteiger partial charge in [-0.05, 0) is 32.7 Å². The monoisotopic (exact) mass is 296 g/mol. The minimum Gasteiger partial charge on any atom is -0.378 e. The molecule has 0 spiro atoms. The molecule has 7 nitrogen and oxygen atoms in total. The topological polar surface area (TPSA) is 93.6 Å². The zero-order valence-electron chi connectivity index (χ0n) is 12.5. The third kappa shape index (κ3) is 5.45. The van der Waals surface area contributed by atoms with E-state index in [1.807, 2.05) is 6.92 Å². The van der Waals surface area contributed by atoms with Crippen LogP contribution in [0.5, 0.6) is 0 Å². The summed E-state index contributed by atoms with van der Waals surface area (Å²) in [5.41, 5.74) is 6.19. The number of nitrogens with zero attached hydrogens (tertiary/aromatic N) is 2. The van der Waals surface area contributed by atoms with Gasteiger partial charge in [-0.2, -0.15) is 0 Å². The Morgan fingerprint density at radius 2 is 2.33 bits per heavy atom. The van der Waals surface area contributed by atoms with Gasteiger partial charge in [0.2, 0.25) is 11.8 Å². The summed E-state index contributed by atoms with van der Waals surface area (Å²) in [6, 6.07) is 1.70. The van der Waals surface area contributed by atoms with Crippen LogP contribution in [-0.2, 0) is 9.53 Å². The fourth-order valence-electron chi connectivity index (χ4n) is 2.37. The van der Waals surface area contributed by atoms with E-state index in [1.165, 1.54) is 0 Å². The highest BCUT2D eigenvalue weighted by atomic mass is 16.5. The minimum absolute atomic E-state index is 0.0753. The first-order valence-electron chi connectivity index (χ1n) is 7.44. The second kappa shape index (κ2) is 8.11. The maximum Gasteiger partial charge on any atom is 0.240 e. The van der Waals surface area contributed by atoms with E-state index < -0.39 is 0 Å². The van der Waals surface area contributed by atoms with Crippen molar-refractivity contribution in [3.8, 4) is 0 Å². The molecule has 1 amide bonds. The lowest BCUT2D eigenvalue weighted by atomic mass is 10.1. The van der Waals surface area contributed by atoms with Crippen molar-refractivity contribution in [1.82, 2.24) is 10.1 Å². The van der Waals surface area contributed by atoms with Crippen LogP contribution in [-0.4, -0.2) is 54.9 Å². The first kappa shape index (κ1) is 15.9. The molecule has 1 aliphatic rings. The largest absolute Gasteiger partial charge is 0.378 e. The SMILES string of the molecule is Cc1cc(NC(=O)CN2CCC(OCCCN)CC2)on1. The molecule has 1 aliphatic heterocycles. The van der Waals surface area contributed by atoms with Crippen LogP contribution in [0.25, 0.3) is 0 Å². The van der Waals surface area contributed by atoms with E-state index in [4.69, 9.17) is 15.0 Å². The summed E-state index contributed by atoms with van der Waals surface area (Å²) in [6.45, 7) is 5.32. The normalized spacial score (nSPS) is 17.0. The number of rotatable bonds is 7. The summed E-state index contributed by atoms with van der Waals surface area (Å²) in [6.07, 6.45) is 3.12. The van der Waals surface area contributed by atoms with Crippen molar-refractivity contribution in [1.29, 1.82) is 0 Å².